The molecule has 0 spiro atoms. The van der Waals surface area contributed by atoms with Crippen LogP contribution in [-0.2, 0) is 0 Å². The smallest absolute Gasteiger partial charge is 0.223 e. The molecule has 0 fully saturated rings. The maximum Gasteiger partial charge on any atom is 0.223 e. The third-order valence-corrected chi connectivity index (χ3v) is 2.12. The maximum absolute atomic E-state index is 5.48. The van der Waals surface area contributed by atoms with Crippen molar-refractivity contribution >= 4 is 29.3 Å². The highest BCUT2D eigenvalue weighted by molar-refractivity contribution is 7.98. The van der Waals surface area contributed by atoms with Crippen LogP contribution in [0.4, 0.5) is 17.6 Å². The zero-order chi connectivity index (χ0) is 10.4. The Labute approximate surface area is 86.8 Å². The first-order valence-corrected chi connectivity index (χ1v) is 5.49. The van der Waals surface area contributed by atoms with Gasteiger partial charge in [0.25, 0.3) is 0 Å². The van der Waals surface area contributed by atoms with Gasteiger partial charge in [-0.2, -0.15) is 21.7 Å². The molecule has 0 radical (unpaired) electrons. The molecule has 0 saturated heterocycles. The van der Waals surface area contributed by atoms with Crippen LogP contribution < -0.4 is 22.3 Å². The van der Waals surface area contributed by atoms with E-state index in [-0.39, 0.29) is 5.95 Å². The van der Waals surface area contributed by atoms with E-state index in [1.54, 1.807) is 17.8 Å². The molecule has 7 heteroatoms. The van der Waals surface area contributed by atoms with E-state index >= 15 is 0 Å². The van der Waals surface area contributed by atoms with E-state index < -0.39 is 0 Å². The minimum absolute atomic E-state index is 0.201. The molecule has 0 saturated carbocycles. The van der Waals surface area contributed by atoms with Gasteiger partial charge in [-0.15, -0.1) is 0 Å². The third-order valence-electron chi connectivity index (χ3n) is 1.50. The number of rotatable bonds is 5. The van der Waals surface area contributed by atoms with Crippen molar-refractivity contribution < 1.29 is 0 Å². The van der Waals surface area contributed by atoms with Crippen molar-refractivity contribution in [3.63, 3.8) is 0 Å². The molecule has 1 aromatic heterocycles. The molecule has 0 aliphatic heterocycles. The van der Waals surface area contributed by atoms with Crippen LogP contribution in [0.2, 0.25) is 0 Å². The summed E-state index contributed by atoms with van der Waals surface area (Å²) in [5.74, 6) is 7.61. The minimum atomic E-state index is 0.201. The number of anilines is 3. The second kappa shape index (κ2) is 5.51. The number of aromatic nitrogens is 2. The van der Waals surface area contributed by atoms with E-state index in [2.05, 4.69) is 20.7 Å². The summed E-state index contributed by atoms with van der Waals surface area (Å²) >= 11 is 1.76. The highest BCUT2D eigenvalue weighted by Crippen LogP contribution is 2.10. The molecule has 0 amide bonds. The van der Waals surface area contributed by atoms with Crippen LogP contribution in [0.25, 0.3) is 0 Å². The van der Waals surface area contributed by atoms with Gasteiger partial charge in [-0.25, -0.2) is 5.84 Å². The number of nitrogens with zero attached hydrogens (tertiary/aromatic N) is 2. The van der Waals surface area contributed by atoms with Crippen LogP contribution in [0, 0.1) is 0 Å². The molecule has 0 aliphatic rings. The Balaban J connectivity index is 2.62. The van der Waals surface area contributed by atoms with Crippen molar-refractivity contribution in [2.75, 3.05) is 35.0 Å². The number of hydrazine groups is 1. The molecule has 6 nitrogen and oxygen atoms in total. The van der Waals surface area contributed by atoms with Crippen LogP contribution in [0.15, 0.2) is 6.07 Å². The van der Waals surface area contributed by atoms with Crippen molar-refractivity contribution in [3.8, 4) is 0 Å². The average molecular weight is 214 g/mol. The fourth-order valence-electron chi connectivity index (χ4n) is 0.912. The van der Waals surface area contributed by atoms with Crippen LogP contribution in [0.1, 0.15) is 0 Å². The lowest BCUT2D eigenvalue weighted by molar-refractivity contribution is 1.11. The average Bonchev–Trinajstić information content (AvgIpc) is 2.17. The predicted molar refractivity (Wildman–Crippen MR) is 61.1 cm³/mol. The normalized spacial score (nSPS) is 9.86. The molecule has 1 aromatic rings. The Morgan fingerprint density at radius 1 is 1.43 bits per heavy atom. The standard InChI is InChI=1S/C7H14N6S/c1-14-3-2-10-5-4-6(13-9)12-7(8)11-5/h4H,2-3,9H2,1H3,(H4,8,10,11,12,13). The van der Waals surface area contributed by atoms with Gasteiger partial charge in [0.2, 0.25) is 5.95 Å². The Kier molecular flexibility index (Phi) is 4.27. The molecule has 1 heterocycles. The van der Waals surface area contributed by atoms with Crippen LogP contribution in [0.5, 0.6) is 0 Å². The minimum Gasteiger partial charge on any atom is -0.369 e. The lowest BCUT2D eigenvalue weighted by Crippen LogP contribution is -2.12. The van der Waals surface area contributed by atoms with Gasteiger partial charge < -0.3 is 16.5 Å². The topological polar surface area (TPSA) is 102 Å². The SMILES string of the molecule is CSCCNc1cc(NN)nc(N)n1. The Morgan fingerprint density at radius 2 is 2.14 bits per heavy atom. The van der Waals surface area contributed by atoms with Crippen LogP contribution in [-0.4, -0.2) is 28.5 Å². The van der Waals surface area contributed by atoms with Crippen molar-refractivity contribution in [3.05, 3.63) is 6.07 Å². The second-order valence-electron chi connectivity index (χ2n) is 2.56. The fourth-order valence-corrected chi connectivity index (χ4v) is 1.22. The molecular weight excluding hydrogens is 200 g/mol. The van der Waals surface area contributed by atoms with E-state index in [9.17, 15) is 0 Å². The molecule has 1 rings (SSSR count). The summed E-state index contributed by atoms with van der Waals surface area (Å²) < 4.78 is 0. The highest BCUT2D eigenvalue weighted by Gasteiger charge is 1.99. The first kappa shape index (κ1) is 10.9. The van der Waals surface area contributed by atoms with E-state index in [1.807, 2.05) is 6.26 Å². The van der Waals surface area contributed by atoms with E-state index in [0.29, 0.717) is 11.6 Å². The van der Waals surface area contributed by atoms with Crippen molar-refractivity contribution in [1.82, 2.24) is 9.97 Å². The van der Waals surface area contributed by atoms with Gasteiger partial charge >= 0.3 is 0 Å². The molecule has 0 bridgehead atoms. The van der Waals surface area contributed by atoms with Gasteiger partial charge in [-0.1, -0.05) is 0 Å². The first-order valence-electron chi connectivity index (χ1n) is 4.10. The Bertz CT molecular complexity index is 292. The molecular formula is C7H14N6S. The molecule has 0 aromatic carbocycles. The second-order valence-corrected chi connectivity index (χ2v) is 3.55. The van der Waals surface area contributed by atoms with Crippen molar-refractivity contribution in [2.45, 2.75) is 0 Å². The van der Waals surface area contributed by atoms with Gasteiger partial charge in [0.1, 0.15) is 11.6 Å². The summed E-state index contributed by atoms with van der Waals surface area (Å²) in [5.41, 5.74) is 7.90. The van der Waals surface area contributed by atoms with Gasteiger partial charge in [0, 0.05) is 18.4 Å². The molecule has 0 atom stereocenters. The molecule has 6 N–H and O–H groups in total. The zero-order valence-corrected chi connectivity index (χ0v) is 8.77. The molecule has 0 unspecified atom stereocenters. The summed E-state index contributed by atoms with van der Waals surface area (Å²) in [6.07, 6.45) is 2.04. The Hall–Kier alpha value is -1.21. The van der Waals surface area contributed by atoms with Crippen LogP contribution in [0.3, 0.4) is 0 Å². The summed E-state index contributed by atoms with van der Waals surface area (Å²) in [5, 5.41) is 3.11. The van der Waals surface area contributed by atoms with Gasteiger partial charge in [0.05, 0.1) is 0 Å². The van der Waals surface area contributed by atoms with Crippen molar-refractivity contribution in [1.29, 1.82) is 0 Å². The number of hydrogen-bond acceptors (Lipinski definition) is 7. The molecule has 14 heavy (non-hydrogen) atoms. The van der Waals surface area contributed by atoms with Gasteiger partial charge in [-0.05, 0) is 6.26 Å². The zero-order valence-electron chi connectivity index (χ0n) is 7.95. The lowest BCUT2D eigenvalue weighted by atomic mass is 10.5. The predicted octanol–water partition coefficient (Wildman–Crippen LogP) is 0.119. The summed E-state index contributed by atoms with van der Waals surface area (Å²) in [6, 6.07) is 1.71. The summed E-state index contributed by atoms with van der Waals surface area (Å²) in [4.78, 5) is 7.87. The number of nitrogens with one attached hydrogen (secondary N) is 2. The number of nitrogen functional groups attached to an aromatic ring is 2. The lowest BCUT2D eigenvalue weighted by Gasteiger charge is -2.06. The Morgan fingerprint density at radius 3 is 2.79 bits per heavy atom. The highest BCUT2D eigenvalue weighted by atomic mass is 32.2. The van der Waals surface area contributed by atoms with Crippen LogP contribution >= 0.6 is 11.8 Å². The molecule has 0 aliphatic carbocycles. The monoisotopic (exact) mass is 214 g/mol. The quantitative estimate of drug-likeness (QED) is 0.313. The van der Waals surface area contributed by atoms with Gasteiger partial charge in [-0.3, -0.25) is 0 Å². The molecule has 78 valence electrons. The summed E-state index contributed by atoms with van der Waals surface area (Å²) in [6.45, 7) is 0.835. The van der Waals surface area contributed by atoms with E-state index in [0.717, 1.165) is 12.3 Å². The summed E-state index contributed by atoms with van der Waals surface area (Å²) in [7, 11) is 0. The largest absolute Gasteiger partial charge is 0.369 e. The number of thioether (sulfide) groups is 1. The van der Waals surface area contributed by atoms with Crippen molar-refractivity contribution in [2.24, 2.45) is 5.84 Å². The third kappa shape index (κ3) is 3.27. The fraction of sp³-hybridized carbons (Fsp3) is 0.429. The van der Waals surface area contributed by atoms with E-state index in [1.165, 1.54) is 0 Å². The maximum atomic E-state index is 5.48. The first-order chi connectivity index (χ1) is 6.76. The van der Waals surface area contributed by atoms with Gasteiger partial charge in [0.15, 0.2) is 0 Å². The number of hydrogen-bond donors (Lipinski definition) is 4. The number of nitrogens with two attached hydrogens (primary N) is 2. The van der Waals surface area contributed by atoms with E-state index in [4.69, 9.17) is 11.6 Å².